The summed E-state index contributed by atoms with van der Waals surface area (Å²) in [4.78, 5) is 4.33. The topological polar surface area (TPSA) is 46.2 Å². The first-order chi connectivity index (χ1) is 9.33. The van der Waals surface area contributed by atoms with Gasteiger partial charge in [-0.3, -0.25) is 4.98 Å². The van der Waals surface area contributed by atoms with Gasteiger partial charge in [0.05, 0.1) is 18.7 Å². The number of pyridine rings is 1. The molecule has 0 bridgehead atoms. The monoisotopic (exact) mass is 277 g/mol. The highest BCUT2D eigenvalue weighted by Gasteiger charge is 2.12. The Hall–Kier alpha value is -1.36. The lowest BCUT2D eigenvalue weighted by atomic mass is 10.2. The highest BCUT2D eigenvalue weighted by molar-refractivity contribution is 6.31. The van der Waals surface area contributed by atoms with Gasteiger partial charge in [0.2, 0.25) is 0 Å². The molecule has 0 aliphatic carbocycles. The second-order valence-corrected chi connectivity index (χ2v) is 5.06. The molecule has 1 aromatic heterocycles. The number of morpholine rings is 1. The molecule has 1 aliphatic heterocycles. The summed E-state index contributed by atoms with van der Waals surface area (Å²) in [6.45, 7) is 3.30. The summed E-state index contributed by atoms with van der Waals surface area (Å²) in [5.74, 6) is 0. The van der Waals surface area contributed by atoms with Gasteiger partial charge in [-0.05, 0) is 24.3 Å². The normalized spacial score (nSPS) is 19.5. The van der Waals surface area contributed by atoms with Crippen LogP contribution in [0.15, 0.2) is 30.5 Å². The lowest BCUT2D eigenvalue weighted by Gasteiger charge is -2.24. The van der Waals surface area contributed by atoms with Crippen molar-refractivity contribution in [3.8, 4) is 0 Å². The molecular formula is C14H16ClN3O. The molecule has 0 spiro atoms. The van der Waals surface area contributed by atoms with E-state index in [-0.39, 0.29) is 0 Å². The van der Waals surface area contributed by atoms with Crippen molar-refractivity contribution in [3.63, 3.8) is 0 Å². The second kappa shape index (κ2) is 5.74. The van der Waals surface area contributed by atoms with Gasteiger partial charge >= 0.3 is 0 Å². The molecule has 0 saturated carbocycles. The third kappa shape index (κ3) is 2.97. The number of nitrogens with zero attached hydrogens (tertiary/aromatic N) is 1. The Labute approximate surface area is 117 Å². The van der Waals surface area contributed by atoms with Gasteiger partial charge in [0.1, 0.15) is 0 Å². The summed E-state index contributed by atoms with van der Waals surface area (Å²) in [6.07, 6.45) is 1.80. The number of fused-ring (bicyclic) bond motifs is 1. The van der Waals surface area contributed by atoms with Gasteiger partial charge in [0.15, 0.2) is 0 Å². The predicted molar refractivity (Wildman–Crippen MR) is 77.9 cm³/mol. The molecule has 2 heterocycles. The number of hydrogen-bond donors (Lipinski definition) is 2. The Bertz CT molecular complexity index is 570. The van der Waals surface area contributed by atoms with Crippen molar-refractivity contribution in [3.05, 3.63) is 35.5 Å². The van der Waals surface area contributed by atoms with E-state index in [0.717, 1.165) is 42.9 Å². The lowest BCUT2D eigenvalue weighted by Crippen LogP contribution is -2.45. The quantitative estimate of drug-likeness (QED) is 0.904. The number of aromatic nitrogens is 1. The number of ether oxygens (including phenoxy) is 1. The predicted octanol–water partition coefficient (Wildman–Crippen LogP) is 2.29. The number of benzene rings is 1. The van der Waals surface area contributed by atoms with E-state index in [1.54, 1.807) is 6.20 Å². The van der Waals surface area contributed by atoms with Crippen LogP contribution < -0.4 is 10.6 Å². The molecule has 1 saturated heterocycles. The third-order valence-corrected chi connectivity index (χ3v) is 3.48. The van der Waals surface area contributed by atoms with Gasteiger partial charge in [0, 0.05) is 41.4 Å². The summed E-state index contributed by atoms with van der Waals surface area (Å²) in [7, 11) is 0. The van der Waals surface area contributed by atoms with E-state index in [1.807, 2.05) is 24.3 Å². The fraction of sp³-hybridized carbons (Fsp3) is 0.357. The van der Waals surface area contributed by atoms with Crippen LogP contribution in [0.2, 0.25) is 5.02 Å². The van der Waals surface area contributed by atoms with Gasteiger partial charge < -0.3 is 15.4 Å². The van der Waals surface area contributed by atoms with E-state index in [4.69, 9.17) is 16.3 Å². The van der Waals surface area contributed by atoms with Gasteiger partial charge in [-0.25, -0.2) is 0 Å². The minimum atomic E-state index is 0.351. The first-order valence-electron chi connectivity index (χ1n) is 6.42. The third-order valence-electron chi connectivity index (χ3n) is 3.24. The van der Waals surface area contributed by atoms with E-state index in [9.17, 15) is 0 Å². The summed E-state index contributed by atoms with van der Waals surface area (Å²) >= 11 is 5.98. The highest BCUT2D eigenvalue weighted by Crippen LogP contribution is 2.24. The fourth-order valence-electron chi connectivity index (χ4n) is 2.26. The molecule has 0 amide bonds. The average molecular weight is 278 g/mol. The maximum absolute atomic E-state index is 5.98. The van der Waals surface area contributed by atoms with Crippen LogP contribution in [0.3, 0.4) is 0 Å². The number of halogens is 1. The zero-order valence-electron chi connectivity index (χ0n) is 10.5. The largest absolute Gasteiger partial charge is 0.383 e. The minimum Gasteiger partial charge on any atom is -0.383 e. The molecule has 1 atom stereocenters. The number of anilines is 1. The molecule has 5 heteroatoms. The van der Waals surface area contributed by atoms with Crippen LogP contribution in [0, 0.1) is 0 Å². The van der Waals surface area contributed by atoms with Crippen LogP contribution in [-0.2, 0) is 4.74 Å². The van der Waals surface area contributed by atoms with Gasteiger partial charge in [-0.2, -0.15) is 0 Å². The molecule has 1 unspecified atom stereocenters. The van der Waals surface area contributed by atoms with Gasteiger partial charge in [0.25, 0.3) is 0 Å². The van der Waals surface area contributed by atoms with E-state index in [2.05, 4.69) is 15.6 Å². The maximum atomic E-state index is 5.98. The zero-order chi connectivity index (χ0) is 13.1. The molecule has 1 fully saturated rings. The van der Waals surface area contributed by atoms with Gasteiger partial charge in [-0.1, -0.05) is 11.6 Å². The Balaban J connectivity index is 1.76. The van der Waals surface area contributed by atoms with Crippen molar-refractivity contribution >= 4 is 28.2 Å². The molecule has 0 radical (unpaired) electrons. The first-order valence-corrected chi connectivity index (χ1v) is 6.80. The molecule has 1 aromatic carbocycles. The minimum absolute atomic E-state index is 0.351. The zero-order valence-corrected chi connectivity index (χ0v) is 11.3. The molecule has 2 N–H and O–H groups in total. The summed E-state index contributed by atoms with van der Waals surface area (Å²) < 4.78 is 5.44. The molecular weight excluding hydrogens is 262 g/mol. The molecule has 3 rings (SSSR count). The van der Waals surface area contributed by atoms with Crippen LogP contribution >= 0.6 is 11.6 Å². The molecule has 4 nitrogen and oxygen atoms in total. The highest BCUT2D eigenvalue weighted by atomic mass is 35.5. The second-order valence-electron chi connectivity index (χ2n) is 4.63. The van der Waals surface area contributed by atoms with Crippen LogP contribution in [0.25, 0.3) is 10.9 Å². The van der Waals surface area contributed by atoms with E-state index in [0.29, 0.717) is 11.1 Å². The van der Waals surface area contributed by atoms with Crippen molar-refractivity contribution < 1.29 is 4.74 Å². The van der Waals surface area contributed by atoms with Crippen molar-refractivity contribution in [2.24, 2.45) is 0 Å². The first kappa shape index (κ1) is 12.7. The molecule has 19 heavy (non-hydrogen) atoms. The standard InChI is InChI=1S/C14H16ClN3O/c15-10-1-2-12-13(3-4-17-14(12)7-10)18-8-11-9-19-6-5-16-11/h1-4,7,11,16H,5-6,8-9H2,(H,17,18). The van der Waals surface area contributed by atoms with Crippen molar-refractivity contribution in [1.82, 2.24) is 10.3 Å². The van der Waals surface area contributed by atoms with Crippen LogP contribution in [0.5, 0.6) is 0 Å². The smallest absolute Gasteiger partial charge is 0.0737 e. The summed E-state index contributed by atoms with van der Waals surface area (Å²) in [6, 6.07) is 8.10. The van der Waals surface area contributed by atoms with Gasteiger partial charge in [-0.15, -0.1) is 0 Å². The summed E-state index contributed by atoms with van der Waals surface area (Å²) in [5.41, 5.74) is 1.99. The Morgan fingerprint density at radius 2 is 2.37 bits per heavy atom. The van der Waals surface area contributed by atoms with Crippen molar-refractivity contribution in [2.45, 2.75) is 6.04 Å². The lowest BCUT2D eigenvalue weighted by molar-refractivity contribution is 0.0807. The average Bonchev–Trinajstić information content (AvgIpc) is 2.45. The molecule has 2 aromatic rings. The maximum Gasteiger partial charge on any atom is 0.0737 e. The van der Waals surface area contributed by atoms with E-state index >= 15 is 0 Å². The van der Waals surface area contributed by atoms with Crippen molar-refractivity contribution in [2.75, 3.05) is 31.6 Å². The number of nitrogens with one attached hydrogen (secondary N) is 2. The number of hydrogen-bond acceptors (Lipinski definition) is 4. The van der Waals surface area contributed by atoms with Crippen LogP contribution in [0.4, 0.5) is 5.69 Å². The van der Waals surface area contributed by atoms with E-state index < -0.39 is 0 Å². The number of rotatable bonds is 3. The summed E-state index contributed by atoms with van der Waals surface area (Å²) in [5, 5.41) is 8.67. The molecule has 100 valence electrons. The Kier molecular flexibility index (Phi) is 3.82. The molecule has 1 aliphatic rings. The Morgan fingerprint density at radius 3 is 3.21 bits per heavy atom. The fourth-order valence-corrected chi connectivity index (χ4v) is 2.43. The van der Waals surface area contributed by atoms with Crippen LogP contribution in [0.1, 0.15) is 0 Å². The van der Waals surface area contributed by atoms with Crippen molar-refractivity contribution in [1.29, 1.82) is 0 Å². The SMILES string of the molecule is Clc1ccc2c(NCC3COCCN3)ccnc2c1. The Morgan fingerprint density at radius 1 is 1.42 bits per heavy atom. The van der Waals surface area contributed by atoms with Crippen LogP contribution in [-0.4, -0.2) is 37.3 Å². The van der Waals surface area contributed by atoms with E-state index in [1.165, 1.54) is 0 Å².